The van der Waals surface area contributed by atoms with Gasteiger partial charge in [-0.2, -0.15) is 5.26 Å². The molecule has 0 aliphatic heterocycles. The number of benzene rings is 2. The van der Waals surface area contributed by atoms with Crippen molar-refractivity contribution in [1.82, 2.24) is 4.31 Å². The summed E-state index contributed by atoms with van der Waals surface area (Å²) in [6, 6.07) is 12.1. The average molecular weight is 260 g/mol. The maximum Gasteiger partial charge on any atom is 0.243 e. The van der Waals surface area contributed by atoms with E-state index in [0.717, 1.165) is 0 Å². The molecule has 0 heterocycles. The Morgan fingerprint density at radius 3 is 2.22 bits per heavy atom. The van der Waals surface area contributed by atoms with Gasteiger partial charge in [0, 0.05) is 24.9 Å². The molecule has 0 aliphatic rings. The summed E-state index contributed by atoms with van der Waals surface area (Å²) in [5, 5.41) is 10.3. The Morgan fingerprint density at radius 2 is 1.67 bits per heavy atom. The Kier molecular flexibility index (Phi) is 3.07. The standard InChI is InChI=1S/C13H12N2O2S/c1-15(2)18(16,17)13-8-7-10(9-14)11-5-3-4-6-12(11)13/h3-8H,1-2H3. The Morgan fingerprint density at radius 1 is 1.06 bits per heavy atom. The van der Waals surface area contributed by atoms with Gasteiger partial charge in [0.05, 0.1) is 16.5 Å². The third kappa shape index (κ3) is 1.86. The van der Waals surface area contributed by atoms with Crippen molar-refractivity contribution >= 4 is 20.8 Å². The molecule has 0 amide bonds. The molecule has 0 bridgehead atoms. The number of nitrogens with zero attached hydrogens (tertiary/aromatic N) is 2. The SMILES string of the molecule is CN(C)S(=O)(=O)c1ccc(C#N)c2ccccc12. The molecule has 2 aromatic carbocycles. The van der Waals surface area contributed by atoms with E-state index >= 15 is 0 Å². The number of hydrogen-bond donors (Lipinski definition) is 0. The van der Waals surface area contributed by atoms with E-state index in [2.05, 4.69) is 6.07 Å². The summed E-state index contributed by atoms with van der Waals surface area (Å²) in [5.74, 6) is 0. The van der Waals surface area contributed by atoms with Crippen LogP contribution in [0.1, 0.15) is 5.56 Å². The van der Waals surface area contributed by atoms with E-state index in [-0.39, 0.29) is 4.90 Å². The van der Waals surface area contributed by atoms with E-state index in [0.29, 0.717) is 16.3 Å². The minimum absolute atomic E-state index is 0.224. The maximum absolute atomic E-state index is 12.2. The fraction of sp³-hybridized carbons (Fsp3) is 0.154. The zero-order chi connectivity index (χ0) is 13.3. The van der Waals surface area contributed by atoms with Gasteiger partial charge < -0.3 is 0 Å². The van der Waals surface area contributed by atoms with Crippen LogP contribution < -0.4 is 0 Å². The molecular weight excluding hydrogens is 248 g/mol. The summed E-state index contributed by atoms with van der Waals surface area (Å²) in [7, 11) is -0.528. The summed E-state index contributed by atoms with van der Waals surface area (Å²) < 4.78 is 25.5. The molecule has 2 rings (SSSR count). The van der Waals surface area contributed by atoms with Crippen LogP contribution >= 0.6 is 0 Å². The molecule has 2 aromatic rings. The van der Waals surface area contributed by atoms with Gasteiger partial charge in [0.1, 0.15) is 0 Å². The molecule has 0 N–H and O–H groups in total. The van der Waals surface area contributed by atoms with Gasteiger partial charge >= 0.3 is 0 Å². The maximum atomic E-state index is 12.2. The minimum atomic E-state index is -3.50. The fourth-order valence-electron chi connectivity index (χ4n) is 1.79. The average Bonchev–Trinajstić information content (AvgIpc) is 2.37. The Balaban J connectivity index is 2.89. The van der Waals surface area contributed by atoms with Crippen molar-refractivity contribution in [2.75, 3.05) is 14.1 Å². The van der Waals surface area contributed by atoms with Gasteiger partial charge in [-0.3, -0.25) is 0 Å². The number of rotatable bonds is 2. The second-order valence-electron chi connectivity index (χ2n) is 4.06. The molecule has 0 spiro atoms. The first-order valence-corrected chi connectivity index (χ1v) is 6.77. The molecule has 92 valence electrons. The van der Waals surface area contributed by atoms with Crippen molar-refractivity contribution in [3.63, 3.8) is 0 Å². The topological polar surface area (TPSA) is 61.2 Å². The van der Waals surface area contributed by atoms with Crippen LogP contribution in [0.25, 0.3) is 10.8 Å². The van der Waals surface area contributed by atoms with E-state index in [1.807, 2.05) is 0 Å². The second kappa shape index (κ2) is 4.41. The zero-order valence-corrected chi connectivity index (χ0v) is 10.9. The Labute approximate surface area is 106 Å². The highest BCUT2D eigenvalue weighted by atomic mass is 32.2. The lowest BCUT2D eigenvalue weighted by molar-refractivity contribution is 0.521. The van der Waals surface area contributed by atoms with Crippen molar-refractivity contribution < 1.29 is 8.42 Å². The summed E-state index contributed by atoms with van der Waals surface area (Å²) in [6.45, 7) is 0. The van der Waals surface area contributed by atoms with Crippen LogP contribution in [0.4, 0.5) is 0 Å². The van der Waals surface area contributed by atoms with Crippen molar-refractivity contribution in [3.05, 3.63) is 42.0 Å². The van der Waals surface area contributed by atoms with Crippen LogP contribution in [-0.2, 0) is 10.0 Å². The lowest BCUT2D eigenvalue weighted by Crippen LogP contribution is -2.22. The fourth-order valence-corrected chi connectivity index (χ4v) is 2.88. The van der Waals surface area contributed by atoms with Crippen molar-refractivity contribution in [2.45, 2.75) is 4.90 Å². The predicted molar refractivity (Wildman–Crippen MR) is 69.5 cm³/mol. The van der Waals surface area contributed by atoms with Crippen LogP contribution in [0, 0.1) is 11.3 Å². The van der Waals surface area contributed by atoms with Crippen LogP contribution in [0.15, 0.2) is 41.3 Å². The van der Waals surface area contributed by atoms with Gasteiger partial charge in [-0.1, -0.05) is 24.3 Å². The largest absolute Gasteiger partial charge is 0.243 e. The number of sulfonamides is 1. The van der Waals surface area contributed by atoms with Gasteiger partial charge in [-0.25, -0.2) is 12.7 Å². The molecule has 0 saturated carbocycles. The lowest BCUT2D eigenvalue weighted by Gasteiger charge is -2.13. The molecular formula is C13H12N2O2S. The molecule has 0 aromatic heterocycles. The van der Waals surface area contributed by atoms with Gasteiger partial charge in [0.15, 0.2) is 0 Å². The monoisotopic (exact) mass is 260 g/mol. The highest BCUT2D eigenvalue weighted by molar-refractivity contribution is 7.89. The summed E-state index contributed by atoms with van der Waals surface area (Å²) >= 11 is 0. The lowest BCUT2D eigenvalue weighted by atomic mass is 10.1. The first-order valence-electron chi connectivity index (χ1n) is 5.33. The third-order valence-electron chi connectivity index (χ3n) is 2.76. The molecule has 0 saturated heterocycles. The van der Waals surface area contributed by atoms with E-state index in [9.17, 15) is 8.42 Å². The van der Waals surface area contributed by atoms with Crippen molar-refractivity contribution in [1.29, 1.82) is 5.26 Å². The van der Waals surface area contributed by atoms with Gasteiger partial charge in [-0.15, -0.1) is 0 Å². The van der Waals surface area contributed by atoms with Gasteiger partial charge in [0.2, 0.25) is 10.0 Å². The van der Waals surface area contributed by atoms with Crippen LogP contribution in [0.2, 0.25) is 0 Å². The number of fused-ring (bicyclic) bond motifs is 1. The van der Waals surface area contributed by atoms with Crippen LogP contribution in [-0.4, -0.2) is 26.8 Å². The molecule has 0 fully saturated rings. The summed E-state index contributed by atoms with van der Waals surface area (Å²) in [6.07, 6.45) is 0. The first-order chi connectivity index (χ1) is 8.48. The van der Waals surface area contributed by atoms with E-state index in [1.54, 1.807) is 30.3 Å². The highest BCUT2D eigenvalue weighted by Crippen LogP contribution is 2.27. The summed E-state index contributed by atoms with van der Waals surface area (Å²) in [5.41, 5.74) is 0.475. The zero-order valence-electron chi connectivity index (χ0n) is 10.1. The predicted octanol–water partition coefficient (Wildman–Crippen LogP) is 1.96. The molecule has 0 atom stereocenters. The Bertz CT molecular complexity index is 743. The van der Waals surface area contributed by atoms with E-state index in [4.69, 9.17) is 5.26 Å². The molecule has 5 heteroatoms. The quantitative estimate of drug-likeness (QED) is 0.829. The molecule has 18 heavy (non-hydrogen) atoms. The third-order valence-corrected chi connectivity index (χ3v) is 4.64. The van der Waals surface area contributed by atoms with Gasteiger partial charge in [-0.05, 0) is 12.1 Å². The van der Waals surface area contributed by atoms with Crippen molar-refractivity contribution in [3.8, 4) is 6.07 Å². The molecule has 0 radical (unpaired) electrons. The number of nitriles is 1. The van der Waals surface area contributed by atoms with Gasteiger partial charge in [0.25, 0.3) is 0 Å². The van der Waals surface area contributed by atoms with E-state index in [1.165, 1.54) is 24.5 Å². The minimum Gasteiger partial charge on any atom is -0.207 e. The molecule has 4 nitrogen and oxygen atoms in total. The Hall–Kier alpha value is -1.90. The van der Waals surface area contributed by atoms with Crippen molar-refractivity contribution in [2.24, 2.45) is 0 Å². The summed E-state index contributed by atoms with van der Waals surface area (Å²) in [4.78, 5) is 0.224. The number of hydrogen-bond acceptors (Lipinski definition) is 3. The normalized spacial score (nSPS) is 11.7. The van der Waals surface area contributed by atoms with Crippen LogP contribution in [0.3, 0.4) is 0 Å². The molecule has 0 aliphatic carbocycles. The highest BCUT2D eigenvalue weighted by Gasteiger charge is 2.20. The van der Waals surface area contributed by atoms with E-state index < -0.39 is 10.0 Å². The first kappa shape index (κ1) is 12.6. The second-order valence-corrected chi connectivity index (χ2v) is 6.18. The smallest absolute Gasteiger partial charge is 0.207 e. The van der Waals surface area contributed by atoms with Crippen LogP contribution in [0.5, 0.6) is 0 Å². The molecule has 0 unspecified atom stereocenters.